The number of hydrogen-bond donors (Lipinski definition) is 3. The minimum Gasteiger partial charge on any atom is -0.446 e. The van der Waals surface area contributed by atoms with Gasteiger partial charge in [0.05, 0.1) is 6.61 Å². The Bertz CT molecular complexity index is 630. The van der Waals surface area contributed by atoms with Crippen LogP contribution in [0.5, 0.6) is 0 Å². The summed E-state index contributed by atoms with van der Waals surface area (Å²) in [6.07, 6.45) is 10.6. The number of hydrogen-bond acceptors (Lipinski definition) is 6. The predicted octanol–water partition coefficient (Wildman–Crippen LogP) is 6.03. The van der Waals surface area contributed by atoms with Crippen molar-refractivity contribution in [3.63, 3.8) is 0 Å². The summed E-state index contributed by atoms with van der Waals surface area (Å²) in [5.74, 6) is 1.02. The first-order valence-electron chi connectivity index (χ1n) is 15.2. The zero-order valence-electron chi connectivity index (χ0n) is 24.4. The van der Waals surface area contributed by atoms with Crippen molar-refractivity contribution in [1.82, 2.24) is 4.90 Å². The van der Waals surface area contributed by atoms with Crippen LogP contribution in [0.25, 0.3) is 0 Å². The lowest BCUT2D eigenvalue weighted by Gasteiger charge is -2.42. The van der Waals surface area contributed by atoms with Crippen molar-refractivity contribution < 1.29 is 29.6 Å². The molecular formula is C30H57NO6. The highest BCUT2D eigenvalue weighted by Gasteiger charge is 2.43. The zero-order chi connectivity index (χ0) is 27.4. The van der Waals surface area contributed by atoms with Gasteiger partial charge in [-0.25, -0.2) is 4.79 Å². The summed E-state index contributed by atoms with van der Waals surface area (Å²) in [6.45, 7) is 11.4. The lowest BCUT2D eigenvalue weighted by Crippen LogP contribution is -2.60. The largest absolute Gasteiger partial charge is 0.446 e. The zero-order valence-corrected chi connectivity index (χ0v) is 24.4. The fourth-order valence-corrected chi connectivity index (χ4v) is 5.93. The van der Waals surface area contributed by atoms with Crippen LogP contribution in [0.15, 0.2) is 0 Å². The Hall–Kier alpha value is -0.890. The van der Waals surface area contributed by atoms with Gasteiger partial charge in [0.1, 0.15) is 24.4 Å². The molecule has 0 aromatic heterocycles. The third kappa shape index (κ3) is 10.7. The van der Waals surface area contributed by atoms with Crippen molar-refractivity contribution >= 4 is 6.09 Å². The highest BCUT2D eigenvalue weighted by atomic mass is 16.6. The smallest absolute Gasteiger partial charge is 0.412 e. The van der Waals surface area contributed by atoms with Gasteiger partial charge in [-0.3, -0.25) is 4.90 Å². The van der Waals surface area contributed by atoms with Crippen molar-refractivity contribution in [2.45, 2.75) is 155 Å². The monoisotopic (exact) mass is 527 g/mol. The van der Waals surface area contributed by atoms with Crippen LogP contribution < -0.4 is 0 Å². The van der Waals surface area contributed by atoms with Crippen molar-refractivity contribution in [1.29, 1.82) is 0 Å². The molecule has 37 heavy (non-hydrogen) atoms. The van der Waals surface area contributed by atoms with E-state index in [4.69, 9.17) is 9.47 Å². The molecule has 1 amide bonds. The van der Waals surface area contributed by atoms with Gasteiger partial charge in [-0.1, -0.05) is 85.5 Å². The van der Waals surface area contributed by atoms with E-state index >= 15 is 0 Å². The minimum atomic E-state index is -1.38. The number of aliphatic hydroxyl groups is 3. The molecule has 0 radical (unpaired) electrons. The van der Waals surface area contributed by atoms with E-state index in [0.717, 1.165) is 44.9 Å². The maximum atomic E-state index is 13.3. The molecule has 5 atom stereocenters. The molecule has 2 aliphatic rings. The lowest BCUT2D eigenvalue weighted by molar-refractivity contribution is -0.223. The minimum absolute atomic E-state index is 0.128. The van der Waals surface area contributed by atoms with E-state index in [1.165, 1.54) is 49.8 Å². The fraction of sp³-hybridized carbons (Fsp3) is 0.967. The molecule has 0 bridgehead atoms. The summed E-state index contributed by atoms with van der Waals surface area (Å²) in [5, 5.41) is 30.7. The van der Waals surface area contributed by atoms with Gasteiger partial charge >= 0.3 is 6.09 Å². The van der Waals surface area contributed by atoms with Crippen molar-refractivity contribution in [3.05, 3.63) is 0 Å². The molecule has 218 valence electrons. The number of nitrogens with zero attached hydrogens (tertiary/aromatic N) is 1. The number of ether oxygens (including phenoxy) is 2. The summed E-state index contributed by atoms with van der Waals surface area (Å²) >= 11 is 0. The molecule has 2 unspecified atom stereocenters. The van der Waals surface area contributed by atoms with Crippen molar-refractivity contribution in [2.75, 3.05) is 13.2 Å². The number of aliphatic hydroxyl groups excluding tert-OH is 3. The van der Waals surface area contributed by atoms with Crippen LogP contribution >= 0.6 is 0 Å². The van der Waals surface area contributed by atoms with Crippen LogP contribution in [0, 0.1) is 17.3 Å². The van der Waals surface area contributed by atoms with Crippen LogP contribution in [-0.4, -0.2) is 70.1 Å². The number of carbonyl (C=O) groups excluding carboxylic acids is 1. The first-order chi connectivity index (χ1) is 17.6. The van der Waals surface area contributed by atoms with Gasteiger partial charge in [0, 0.05) is 6.54 Å². The van der Waals surface area contributed by atoms with E-state index in [9.17, 15) is 20.1 Å². The molecular weight excluding hydrogens is 470 g/mol. The van der Waals surface area contributed by atoms with Crippen molar-refractivity contribution in [2.24, 2.45) is 17.3 Å². The van der Waals surface area contributed by atoms with Crippen LogP contribution in [0.1, 0.15) is 125 Å². The molecule has 1 aliphatic heterocycles. The molecule has 2 rings (SSSR count). The average molecular weight is 528 g/mol. The van der Waals surface area contributed by atoms with Gasteiger partial charge in [-0.05, 0) is 56.3 Å². The second-order valence-corrected chi connectivity index (χ2v) is 12.7. The molecule has 0 aromatic carbocycles. The van der Waals surface area contributed by atoms with Gasteiger partial charge in [0.25, 0.3) is 0 Å². The molecule has 7 nitrogen and oxygen atoms in total. The lowest BCUT2D eigenvalue weighted by atomic mass is 9.69. The molecule has 0 aromatic rings. The van der Waals surface area contributed by atoms with Gasteiger partial charge in [0.15, 0.2) is 6.23 Å². The number of rotatable bonds is 14. The Morgan fingerprint density at radius 2 is 1.43 bits per heavy atom. The van der Waals surface area contributed by atoms with Gasteiger partial charge in [0.2, 0.25) is 0 Å². The van der Waals surface area contributed by atoms with E-state index in [-0.39, 0.29) is 12.7 Å². The summed E-state index contributed by atoms with van der Waals surface area (Å²) in [4.78, 5) is 14.7. The van der Waals surface area contributed by atoms with E-state index in [1.807, 2.05) is 6.92 Å². The Balaban J connectivity index is 1.86. The maximum Gasteiger partial charge on any atom is 0.412 e. The fourth-order valence-electron chi connectivity index (χ4n) is 5.93. The normalized spacial score (nSPS) is 29.6. The molecule has 2 fully saturated rings. The van der Waals surface area contributed by atoms with E-state index in [0.29, 0.717) is 23.8 Å². The summed E-state index contributed by atoms with van der Waals surface area (Å²) in [5.41, 5.74) is 0.302. The Morgan fingerprint density at radius 3 is 1.97 bits per heavy atom. The Morgan fingerprint density at radius 1 is 0.892 bits per heavy atom. The maximum absolute atomic E-state index is 13.3. The standard InChI is InChI=1S/C30H57NO6/c1-6-7-8-9-10-11-12-13-14-15-20-31(28-27(34)26(33)25(32)21-36-28)29(35)37-22(2)23-16-18-24(19-17-23)30(3,4)5/h22-28,32-34H,6-21H2,1-5H3/t22?,23?,24?,25-,26-,27-,28?/m1/s1. The second kappa shape index (κ2) is 16.3. The first kappa shape index (κ1) is 32.3. The Labute approximate surface area is 226 Å². The molecule has 3 N–H and O–H groups in total. The topological polar surface area (TPSA) is 99.5 Å². The highest BCUT2D eigenvalue weighted by Crippen LogP contribution is 2.41. The molecule has 1 saturated heterocycles. The number of amides is 1. The number of carbonyl (C=O) groups is 1. The van der Waals surface area contributed by atoms with Gasteiger partial charge in [-0.2, -0.15) is 0 Å². The van der Waals surface area contributed by atoms with Crippen molar-refractivity contribution in [3.8, 4) is 0 Å². The van der Waals surface area contributed by atoms with Crippen LogP contribution in [0.3, 0.4) is 0 Å². The van der Waals surface area contributed by atoms with Gasteiger partial charge in [-0.15, -0.1) is 0 Å². The van der Waals surface area contributed by atoms with E-state index in [2.05, 4.69) is 27.7 Å². The number of unbranched alkanes of at least 4 members (excludes halogenated alkanes) is 9. The van der Waals surface area contributed by atoms with E-state index < -0.39 is 30.6 Å². The van der Waals surface area contributed by atoms with Crippen LogP contribution in [0.4, 0.5) is 4.79 Å². The summed E-state index contributed by atoms with van der Waals surface area (Å²) in [7, 11) is 0. The van der Waals surface area contributed by atoms with Crippen LogP contribution in [0.2, 0.25) is 0 Å². The SMILES string of the molecule is CCCCCCCCCCCCN(C(=O)OC(C)C1CCC(C(C)(C)C)CC1)C1OC[C@@H](O)[C@@H](O)[C@H]1O. The summed E-state index contributed by atoms with van der Waals surface area (Å²) in [6, 6.07) is 0. The van der Waals surface area contributed by atoms with Crippen LogP contribution in [-0.2, 0) is 9.47 Å². The molecule has 1 aliphatic carbocycles. The van der Waals surface area contributed by atoms with Gasteiger partial charge < -0.3 is 24.8 Å². The van der Waals surface area contributed by atoms with E-state index in [1.54, 1.807) is 0 Å². The third-order valence-electron chi connectivity index (χ3n) is 8.72. The molecule has 0 spiro atoms. The Kier molecular flexibility index (Phi) is 14.2. The highest BCUT2D eigenvalue weighted by molar-refractivity contribution is 5.68. The molecule has 1 heterocycles. The average Bonchev–Trinajstić information content (AvgIpc) is 2.86. The summed E-state index contributed by atoms with van der Waals surface area (Å²) < 4.78 is 11.6. The predicted molar refractivity (Wildman–Crippen MR) is 147 cm³/mol. The quantitative estimate of drug-likeness (QED) is 0.239. The molecule has 1 saturated carbocycles. The molecule has 7 heteroatoms. The third-order valence-corrected chi connectivity index (χ3v) is 8.72. The first-order valence-corrected chi connectivity index (χ1v) is 15.2. The second-order valence-electron chi connectivity index (χ2n) is 12.7.